The van der Waals surface area contributed by atoms with Crippen molar-refractivity contribution in [3.05, 3.63) is 16.7 Å². The maximum Gasteiger partial charge on any atom is 0.151 e. The fourth-order valence-corrected chi connectivity index (χ4v) is 3.36. The lowest BCUT2D eigenvalue weighted by molar-refractivity contribution is 0.692. The first kappa shape index (κ1) is 11.1. The zero-order valence-corrected chi connectivity index (χ0v) is 11.0. The Morgan fingerprint density at radius 2 is 2.47 bits per heavy atom. The summed E-state index contributed by atoms with van der Waals surface area (Å²) in [6, 6.07) is 2.48. The number of nitrogen functional groups attached to an aromatic ring is 1. The summed E-state index contributed by atoms with van der Waals surface area (Å²) in [4.78, 5) is 6.56. The summed E-state index contributed by atoms with van der Waals surface area (Å²) >= 11 is 5.36. The van der Waals surface area contributed by atoms with Gasteiger partial charge in [0.1, 0.15) is 0 Å². The molecule has 0 aliphatic carbocycles. The number of hydrogen-bond acceptors (Lipinski definition) is 4. The van der Waals surface area contributed by atoms with E-state index >= 15 is 0 Å². The van der Waals surface area contributed by atoms with E-state index in [-0.39, 0.29) is 0 Å². The summed E-state index contributed by atoms with van der Waals surface area (Å²) < 4.78 is 0.929. The van der Waals surface area contributed by atoms with Gasteiger partial charge in [-0.2, -0.15) is 11.8 Å². The van der Waals surface area contributed by atoms with Crippen molar-refractivity contribution in [3.63, 3.8) is 0 Å². The van der Waals surface area contributed by atoms with E-state index < -0.39 is 0 Å². The van der Waals surface area contributed by atoms with Gasteiger partial charge >= 0.3 is 0 Å². The quantitative estimate of drug-likeness (QED) is 0.907. The number of aromatic nitrogens is 1. The van der Waals surface area contributed by atoms with Crippen LogP contribution in [0, 0.1) is 0 Å². The van der Waals surface area contributed by atoms with Crippen LogP contribution in [0.5, 0.6) is 0 Å². The Hall–Kier alpha value is -0.420. The smallest absolute Gasteiger partial charge is 0.151 e. The average molecular weight is 288 g/mol. The molecule has 2 N–H and O–H groups in total. The van der Waals surface area contributed by atoms with E-state index in [1.807, 2.05) is 17.8 Å². The van der Waals surface area contributed by atoms with E-state index in [0.29, 0.717) is 6.04 Å². The van der Waals surface area contributed by atoms with E-state index in [2.05, 4.69) is 32.9 Å². The minimum atomic E-state index is 0.575. The van der Waals surface area contributed by atoms with Crippen molar-refractivity contribution in [1.82, 2.24) is 4.98 Å². The van der Waals surface area contributed by atoms with Crippen LogP contribution in [0.1, 0.15) is 6.42 Å². The number of pyridine rings is 1. The van der Waals surface area contributed by atoms with Crippen LogP contribution in [0.25, 0.3) is 0 Å². The largest absolute Gasteiger partial charge is 0.396 e. The summed E-state index contributed by atoms with van der Waals surface area (Å²) in [6.07, 6.45) is 3.02. The zero-order chi connectivity index (χ0) is 10.8. The van der Waals surface area contributed by atoms with Crippen LogP contribution in [-0.2, 0) is 0 Å². The topological polar surface area (TPSA) is 42.2 Å². The molecule has 1 aromatic heterocycles. The minimum absolute atomic E-state index is 0.575. The molecule has 1 aromatic rings. The molecule has 0 bridgehead atoms. The summed E-state index contributed by atoms with van der Waals surface area (Å²) in [7, 11) is 2.07. The molecule has 0 spiro atoms. The molecule has 82 valence electrons. The van der Waals surface area contributed by atoms with E-state index in [1.54, 1.807) is 6.20 Å². The molecule has 0 aromatic carbocycles. The molecule has 5 heteroatoms. The molecule has 1 aliphatic heterocycles. The molecular weight excluding hydrogens is 274 g/mol. The highest BCUT2D eigenvalue weighted by Crippen LogP contribution is 2.29. The van der Waals surface area contributed by atoms with Gasteiger partial charge < -0.3 is 10.6 Å². The lowest BCUT2D eigenvalue weighted by Gasteiger charge is -2.25. The Labute approximate surface area is 103 Å². The highest BCUT2D eigenvalue weighted by atomic mass is 79.9. The normalized spacial score (nSPS) is 20.5. The van der Waals surface area contributed by atoms with Crippen molar-refractivity contribution in [2.45, 2.75) is 12.5 Å². The van der Waals surface area contributed by atoms with Gasteiger partial charge in [0.05, 0.1) is 5.69 Å². The molecule has 2 heterocycles. The predicted molar refractivity (Wildman–Crippen MR) is 70.5 cm³/mol. The highest BCUT2D eigenvalue weighted by Gasteiger charge is 2.22. The summed E-state index contributed by atoms with van der Waals surface area (Å²) in [6.45, 7) is 0. The second-order valence-electron chi connectivity index (χ2n) is 3.69. The van der Waals surface area contributed by atoms with Gasteiger partial charge in [0.2, 0.25) is 0 Å². The molecule has 1 fully saturated rings. The van der Waals surface area contributed by atoms with Crippen LogP contribution in [0.15, 0.2) is 16.7 Å². The maximum absolute atomic E-state index is 5.95. The summed E-state index contributed by atoms with van der Waals surface area (Å²) in [5, 5.41) is 0. The van der Waals surface area contributed by atoms with Crippen LogP contribution in [0.4, 0.5) is 11.5 Å². The van der Waals surface area contributed by atoms with Gasteiger partial charge in [-0.05, 0) is 34.2 Å². The van der Waals surface area contributed by atoms with E-state index in [0.717, 1.165) is 16.0 Å². The summed E-state index contributed by atoms with van der Waals surface area (Å²) in [5.74, 6) is 3.31. The van der Waals surface area contributed by atoms with Crippen LogP contribution in [0.2, 0.25) is 0 Å². The molecule has 1 aliphatic rings. The highest BCUT2D eigenvalue weighted by molar-refractivity contribution is 9.10. The van der Waals surface area contributed by atoms with Crippen molar-refractivity contribution in [1.29, 1.82) is 0 Å². The minimum Gasteiger partial charge on any atom is -0.396 e. The molecule has 1 saturated heterocycles. The molecule has 3 nitrogen and oxygen atoms in total. The molecule has 1 unspecified atom stereocenters. The Morgan fingerprint density at radius 3 is 3.07 bits per heavy atom. The van der Waals surface area contributed by atoms with Gasteiger partial charge in [0.25, 0.3) is 0 Å². The molecule has 15 heavy (non-hydrogen) atoms. The van der Waals surface area contributed by atoms with Crippen molar-refractivity contribution >= 4 is 39.2 Å². The Bertz CT molecular complexity index is 353. The predicted octanol–water partition coefficient (Wildman–Crippen LogP) is 2.37. The van der Waals surface area contributed by atoms with Crippen LogP contribution < -0.4 is 10.6 Å². The van der Waals surface area contributed by atoms with Gasteiger partial charge in [-0.25, -0.2) is 4.98 Å². The van der Waals surface area contributed by atoms with E-state index in [9.17, 15) is 0 Å². The lowest BCUT2D eigenvalue weighted by Crippen LogP contribution is -2.32. The van der Waals surface area contributed by atoms with Crippen molar-refractivity contribution in [2.24, 2.45) is 0 Å². The first-order valence-corrected chi connectivity index (χ1v) is 6.85. The van der Waals surface area contributed by atoms with Crippen molar-refractivity contribution in [3.8, 4) is 0 Å². The number of nitrogens with zero attached hydrogens (tertiary/aromatic N) is 2. The van der Waals surface area contributed by atoms with E-state index in [4.69, 9.17) is 5.73 Å². The van der Waals surface area contributed by atoms with Crippen molar-refractivity contribution in [2.75, 3.05) is 29.2 Å². The monoisotopic (exact) mass is 287 g/mol. The lowest BCUT2D eigenvalue weighted by atomic mass is 10.2. The third-order valence-electron chi connectivity index (χ3n) is 2.65. The standard InChI is InChI=1S/C10H14BrN3S/c1-14(8-2-3-15-6-8)10-9(12)4-7(11)5-13-10/h4-5,8H,2-3,6,12H2,1H3. The van der Waals surface area contributed by atoms with Gasteiger partial charge in [-0.3, -0.25) is 0 Å². The third-order valence-corrected chi connectivity index (χ3v) is 4.23. The molecule has 1 atom stereocenters. The fourth-order valence-electron chi connectivity index (χ4n) is 1.74. The van der Waals surface area contributed by atoms with Crippen LogP contribution >= 0.6 is 27.7 Å². The van der Waals surface area contributed by atoms with Gasteiger partial charge in [0, 0.05) is 29.5 Å². The van der Waals surface area contributed by atoms with Gasteiger partial charge in [-0.1, -0.05) is 0 Å². The SMILES string of the molecule is CN(c1ncc(Br)cc1N)C1CCSC1. The van der Waals surface area contributed by atoms with Gasteiger partial charge in [0.15, 0.2) is 5.82 Å². The zero-order valence-electron chi connectivity index (χ0n) is 8.61. The first-order chi connectivity index (χ1) is 7.18. The second-order valence-corrected chi connectivity index (χ2v) is 5.76. The van der Waals surface area contributed by atoms with Gasteiger partial charge in [-0.15, -0.1) is 0 Å². The fraction of sp³-hybridized carbons (Fsp3) is 0.500. The van der Waals surface area contributed by atoms with Crippen LogP contribution in [0.3, 0.4) is 0 Å². The van der Waals surface area contributed by atoms with Crippen LogP contribution in [-0.4, -0.2) is 29.6 Å². The number of halogens is 1. The average Bonchev–Trinajstić information content (AvgIpc) is 2.69. The third kappa shape index (κ3) is 2.39. The Balaban J connectivity index is 2.20. The molecule has 0 radical (unpaired) electrons. The number of anilines is 2. The molecule has 0 amide bonds. The van der Waals surface area contributed by atoms with Crippen molar-refractivity contribution < 1.29 is 0 Å². The first-order valence-electron chi connectivity index (χ1n) is 4.90. The van der Waals surface area contributed by atoms with E-state index in [1.165, 1.54) is 17.9 Å². The molecule has 0 saturated carbocycles. The molecule has 2 rings (SSSR count). The Morgan fingerprint density at radius 1 is 1.67 bits per heavy atom. The second kappa shape index (κ2) is 4.61. The molecular formula is C10H14BrN3S. The number of thioether (sulfide) groups is 1. The maximum atomic E-state index is 5.95. The number of rotatable bonds is 2. The Kier molecular flexibility index (Phi) is 3.41. The number of hydrogen-bond donors (Lipinski definition) is 1. The summed E-state index contributed by atoms with van der Waals surface area (Å²) in [5.41, 5.74) is 6.69. The number of nitrogens with two attached hydrogens (primary N) is 1.